The van der Waals surface area contributed by atoms with Gasteiger partial charge in [0.2, 0.25) is 0 Å². The zero-order valence-corrected chi connectivity index (χ0v) is 14.0. The molecule has 0 aromatic carbocycles. The van der Waals surface area contributed by atoms with Crippen LogP contribution in [0.15, 0.2) is 30.5 Å². The summed E-state index contributed by atoms with van der Waals surface area (Å²) in [4.78, 5) is 9.09. The second-order valence-corrected chi connectivity index (χ2v) is 6.41. The largest absolute Gasteiger partial charge is 0.282 e. The summed E-state index contributed by atoms with van der Waals surface area (Å²) in [7, 11) is 0. The zero-order valence-electron chi connectivity index (χ0n) is 14.0. The number of aromatic nitrogens is 6. The molecular weight excluding hydrogens is 288 g/mol. The van der Waals surface area contributed by atoms with Crippen LogP contribution < -0.4 is 0 Å². The van der Waals surface area contributed by atoms with Gasteiger partial charge in [0.05, 0.1) is 0 Å². The minimum Gasteiger partial charge on any atom is -0.282 e. The van der Waals surface area contributed by atoms with Gasteiger partial charge in [0.15, 0.2) is 17.5 Å². The molecule has 0 radical (unpaired) electrons. The first-order chi connectivity index (χ1) is 11.0. The SMILES string of the molecule is CC(C)Cc1nc(-c2cc(C(C)C)[nH]n2)n(-c2ccccn2)n1. The summed E-state index contributed by atoms with van der Waals surface area (Å²) in [5.41, 5.74) is 1.88. The molecule has 0 aliphatic heterocycles. The lowest BCUT2D eigenvalue weighted by Crippen LogP contribution is -2.03. The van der Waals surface area contributed by atoms with Crippen LogP contribution in [-0.4, -0.2) is 29.9 Å². The van der Waals surface area contributed by atoms with Gasteiger partial charge in [-0.2, -0.15) is 9.78 Å². The van der Waals surface area contributed by atoms with Crippen LogP contribution in [0.2, 0.25) is 0 Å². The van der Waals surface area contributed by atoms with Crippen LogP contribution in [0, 0.1) is 5.92 Å². The van der Waals surface area contributed by atoms with Crippen molar-refractivity contribution in [3.63, 3.8) is 0 Å². The maximum atomic E-state index is 4.70. The molecule has 0 spiro atoms. The standard InChI is InChI=1S/C17H22N6/c1-11(2)9-15-19-17(14-10-13(12(3)4)20-21-14)23(22-15)16-7-5-6-8-18-16/h5-8,10-12H,9H2,1-4H3,(H,20,21). The van der Waals surface area contributed by atoms with Gasteiger partial charge >= 0.3 is 0 Å². The average Bonchev–Trinajstić information content (AvgIpc) is 3.14. The highest BCUT2D eigenvalue weighted by molar-refractivity contribution is 5.53. The van der Waals surface area contributed by atoms with Crippen molar-refractivity contribution in [3.8, 4) is 17.3 Å². The quantitative estimate of drug-likeness (QED) is 0.784. The molecule has 6 heteroatoms. The minimum atomic E-state index is 0.387. The fourth-order valence-corrected chi connectivity index (χ4v) is 2.36. The zero-order chi connectivity index (χ0) is 16.4. The number of nitrogens with one attached hydrogen (secondary N) is 1. The maximum absolute atomic E-state index is 4.70. The Kier molecular flexibility index (Phi) is 4.23. The lowest BCUT2D eigenvalue weighted by atomic mass is 10.1. The van der Waals surface area contributed by atoms with Crippen molar-refractivity contribution in [3.05, 3.63) is 42.0 Å². The van der Waals surface area contributed by atoms with Gasteiger partial charge in [-0.1, -0.05) is 33.8 Å². The van der Waals surface area contributed by atoms with Gasteiger partial charge in [-0.05, 0) is 30.0 Å². The second kappa shape index (κ2) is 6.32. The molecule has 0 aliphatic carbocycles. The first-order valence-corrected chi connectivity index (χ1v) is 7.97. The molecule has 3 rings (SSSR count). The highest BCUT2D eigenvalue weighted by Gasteiger charge is 2.18. The molecule has 0 fully saturated rings. The van der Waals surface area contributed by atoms with E-state index in [4.69, 9.17) is 4.98 Å². The first kappa shape index (κ1) is 15.4. The van der Waals surface area contributed by atoms with Gasteiger partial charge in [-0.25, -0.2) is 9.97 Å². The van der Waals surface area contributed by atoms with Crippen LogP contribution in [0.25, 0.3) is 17.3 Å². The molecule has 0 saturated carbocycles. The molecule has 0 amide bonds. The van der Waals surface area contributed by atoms with Crippen molar-refractivity contribution >= 4 is 0 Å². The van der Waals surface area contributed by atoms with Crippen molar-refractivity contribution in [1.82, 2.24) is 29.9 Å². The Bertz CT molecular complexity index is 769. The van der Waals surface area contributed by atoms with E-state index in [-0.39, 0.29) is 0 Å². The molecule has 0 atom stereocenters. The molecule has 120 valence electrons. The van der Waals surface area contributed by atoms with E-state index in [0.29, 0.717) is 11.8 Å². The van der Waals surface area contributed by atoms with E-state index >= 15 is 0 Å². The summed E-state index contributed by atoms with van der Waals surface area (Å²) >= 11 is 0. The number of hydrogen-bond donors (Lipinski definition) is 1. The van der Waals surface area contributed by atoms with E-state index in [0.717, 1.165) is 35.3 Å². The minimum absolute atomic E-state index is 0.387. The normalized spacial score (nSPS) is 11.6. The van der Waals surface area contributed by atoms with Crippen molar-refractivity contribution in [1.29, 1.82) is 0 Å². The summed E-state index contributed by atoms with van der Waals surface area (Å²) in [5, 5.41) is 12.1. The lowest BCUT2D eigenvalue weighted by molar-refractivity contribution is 0.618. The van der Waals surface area contributed by atoms with Crippen molar-refractivity contribution in [2.75, 3.05) is 0 Å². The van der Waals surface area contributed by atoms with Crippen LogP contribution in [0.1, 0.15) is 45.1 Å². The van der Waals surface area contributed by atoms with Gasteiger partial charge in [-0.15, -0.1) is 5.10 Å². The van der Waals surface area contributed by atoms with Crippen LogP contribution in [0.5, 0.6) is 0 Å². The van der Waals surface area contributed by atoms with E-state index in [1.165, 1.54) is 0 Å². The Morgan fingerprint density at radius 1 is 1.17 bits per heavy atom. The number of H-pyrrole nitrogens is 1. The van der Waals surface area contributed by atoms with Gasteiger partial charge in [0, 0.05) is 18.3 Å². The predicted octanol–water partition coefficient (Wildman–Crippen LogP) is 3.37. The summed E-state index contributed by atoms with van der Waals surface area (Å²) in [6.45, 7) is 8.58. The van der Waals surface area contributed by atoms with Crippen molar-refractivity contribution < 1.29 is 0 Å². The molecule has 0 unspecified atom stereocenters. The maximum Gasteiger partial charge on any atom is 0.185 e. The Morgan fingerprint density at radius 3 is 2.61 bits per heavy atom. The van der Waals surface area contributed by atoms with Crippen molar-refractivity contribution in [2.24, 2.45) is 5.92 Å². The topological polar surface area (TPSA) is 72.3 Å². The Hall–Kier alpha value is -2.50. The number of pyridine rings is 1. The van der Waals surface area contributed by atoms with Gasteiger partial charge in [-0.3, -0.25) is 5.10 Å². The van der Waals surface area contributed by atoms with E-state index in [9.17, 15) is 0 Å². The molecule has 3 heterocycles. The van der Waals surface area contributed by atoms with Crippen molar-refractivity contribution in [2.45, 2.75) is 40.0 Å². The van der Waals surface area contributed by atoms with Crippen LogP contribution in [-0.2, 0) is 6.42 Å². The summed E-state index contributed by atoms with van der Waals surface area (Å²) < 4.78 is 1.78. The molecule has 1 N–H and O–H groups in total. The number of nitrogens with zero attached hydrogens (tertiary/aromatic N) is 5. The molecule has 0 saturated heterocycles. The molecule has 0 aliphatic rings. The Balaban J connectivity index is 2.07. The van der Waals surface area contributed by atoms with E-state index < -0.39 is 0 Å². The Morgan fingerprint density at radius 2 is 2.00 bits per heavy atom. The highest BCUT2D eigenvalue weighted by atomic mass is 15.4. The monoisotopic (exact) mass is 310 g/mol. The number of aromatic amines is 1. The molecule has 23 heavy (non-hydrogen) atoms. The molecule has 3 aromatic heterocycles. The van der Waals surface area contributed by atoms with Gasteiger partial charge in [0.1, 0.15) is 5.69 Å². The summed E-state index contributed by atoms with van der Waals surface area (Å²) in [6.07, 6.45) is 2.58. The van der Waals surface area contributed by atoms with Crippen LogP contribution in [0.4, 0.5) is 0 Å². The average molecular weight is 310 g/mol. The molecule has 0 bridgehead atoms. The summed E-state index contributed by atoms with van der Waals surface area (Å²) in [6, 6.07) is 7.79. The predicted molar refractivity (Wildman–Crippen MR) is 89.4 cm³/mol. The third-order valence-electron chi connectivity index (χ3n) is 3.56. The second-order valence-electron chi connectivity index (χ2n) is 6.41. The van der Waals surface area contributed by atoms with E-state index in [2.05, 4.69) is 48.0 Å². The fraction of sp³-hybridized carbons (Fsp3) is 0.412. The molecule has 6 nitrogen and oxygen atoms in total. The first-order valence-electron chi connectivity index (χ1n) is 7.97. The third-order valence-corrected chi connectivity index (χ3v) is 3.56. The van der Waals surface area contributed by atoms with E-state index in [1.54, 1.807) is 10.9 Å². The molecular formula is C17H22N6. The highest BCUT2D eigenvalue weighted by Crippen LogP contribution is 2.22. The number of rotatable bonds is 5. The molecule has 3 aromatic rings. The van der Waals surface area contributed by atoms with E-state index in [1.807, 2.05) is 24.3 Å². The van der Waals surface area contributed by atoms with Crippen LogP contribution in [0.3, 0.4) is 0 Å². The van der Waals surface area contributed by atoms with Gasteiger partial charge < -0.3 is 0 Å². The lowest BCUT2D eigenvalue weighted by Gasteiger charge is -2.02. The third kappa shape index (κ3) is 3.31. The fourth-order valence-electron chi connectivity index (χ4n) is 2.36. The Labute approximate surface area is 136 Å². The smallest absolute Gasteiger partial charge is 0.185 e. The number of hydrogen-bond acceptors (Lipinski definition) is 4. The van der Waals surface area contributed by atoms with Gasteiger partial charge in [0.25, 0.3) is 0 Å². The summed E-state index contributed by atoms with van der Waals surface area (Å²) in [5.74, 6) is 3.17. The van der Waals surface area contributed by atoms with Crippen LogP contribution >= 0.6 is 0 Å².